The van der Waals surface area contributed by atoms with Gasteiger partial charge in [-0.15, -0.1) is 0 Å². The largest absolute Gasteiger partial charge is 0.462 e. The Hall–Kier alpha value is -2.83. The summed E-state index contributed by atoms with van der Waals surface area (Å²) in [4.78, 5) is 39.8. The van der Waals surface area contributed by atoms with Crippen LogP contribution in [0.2, 0.25) is 0 Å². The number of alkyl halides is 1. The fourth-order valence-electron chi connectivity index (χ4n) is 3.54. The lowest BCUT2D eigenvalue weighted by molar-refractivity contribution is -0.149. The van der Waals surface area contributed by atoms with Crippen LogP contribution in [0.1, 0.15) is 39.5 Å². The Labute approximate surface area is 205 Å². The molecule has 36 heavy (non-hydrogen) atoms. The van der Waals surface area contributed by atoms with Gasteiger partial charge in [-0.25, -0.2) is 13.8 Å². The van der Waals surface area contributed by atoms with Crippen molar-refractivity contribution in [3.05, 3.63) is 62.9 Å². The van der Waals surface area contributed by atoms with Crippen molar-refractivity contribution in [2.45, 2.75) is 63.8 Å². The molecule has 0 amide bonds. The van der Waals surface area contributed by atoms with Crippen molar-refractivity contribution in [3.8, 4) is 5.75 Å². The Bertz CT molecular complexity index is 1190. The van der Waals surface area contributed by atoms with Gasteiger partial charge in [0.2, 0.25) is 0 Å². The van der Waals surface area contributed by atoms with Crippen LogP contribution in [-0.4, -0.2) is 57.7 Å². The van der Waals surface area contributed by atoms with Gasteiger partial charge in [0.1, 0.15) is 30.1 Å². The zero-order valence-electron chi connectivity index (χ0n) is 20.1. The van der Waals surface area contributed by atoms with Crippen molar-refractivity contribution in [2.24, 2.45) is 0 Å². The number of aliphatic hydroxyl groups excluding tert-OH is 1. The number of para-hydroxylation sites is 1. The van der Waals surface area contributed by atoms with Crippen LogP contribution in [0.4, 0.5) is 4.39 Å². The minimum Gasteiger partial charge on any atom is -0.462 e. The fraction of sp³-hybridized carbons (Fsp3) is 0.500. The summed E-state index contributed by atoms with van der Waals surface area (Å²) < 4.78 is 50.6. The molecule has 1 aromatic carbocycles. The molecule has 1 saturated heterocycles. The number of hydrogen-bond donors (Lipinski definition) is 4. The summed E-state index contributed by atoms with van der Waals surface area (Å²) in [6.45, 7) is 5.10. The molecule has 198 valence electrons. The first kappa shape index (κ1) is 27.8. The van der Waals surface area contributed by atoms with Crippen molar-refractivity contribution in [3.63, 3.8) is 0 Å². The van der Waals surface area contributed by atoms with Crippen LogP contribution in [0, 0.1) is 0 Å². The minimum absolute atomic E-state index is 0.153. The van der Waals surface area contributed by atoms with Crippen LogP contribution in [0.5, 0.6) is 5.75 Å². The van der Waals surface area contributed by atoms with Crippen LogP contribution in [0.3, 0.4) is 0 Å². The second-order valence-electron chi connectivity index (χ2n) is 8.73. The molecule has 1 aromatic heterocycles. The number of nitrogens with one attached hydrogen (secondary N) is 3. The lowest BCUT2D eigenvalue weighted by Gasteiger charge is -2.25. The molecule has 0 radical (unpaired) electrons. The molecule has 2 aromatic rings. The number of halogens is 1. The summed E-state index contributed by atoms with van der Waals surface area (Å²) in [5, 5.41) is 13.0. The molecule has 2 heterocycles. The van der Waals surface area contributed by atoms with E-state index in [1.54, 1.807) is 32.0 Å². The van der Waals surface area contributed by atoms with Gasteiger partial charge in [-0.05, 0) is 39.8 Å². The van der Waals surface area contributed by atoms with E-state index < -0.39 is 67.7 Å². The number of H-pyrrole nitrogens is 2. The maximum Gasteiger partial charge on any atom is 0.459 e. The van der Waals surface area contributed by atoms with Crippen molar-refractivity contribution in [1.82, 2.24) is 15.1 Å². The highest BCUT2D eigenvalue weighted by atomic mass is 31.2. The van der Waals surface area contributed by atoms with Gasteiger partial charge in [0, 0.05) is 6.07 Å². The predicted octanol–water partition coefficient (Wildman–Crippen LogP) is 1.73. The van der Waals surface area contributed by atoms with Crippen LogP contribution >= 0.6 is 7.75 Å². The van der Waals surface area contributed by atoms with E-state index in [-0.39, 0.29) is 11.4 Å². The van der Waals surface area contributed by atoms with E-state index in [0.717, 1.165) is 13.0 Å². The topological polar surface area (TPSA) is 169 Å². The summed E-state index contributed by atoms with van der Waals surface area (Å²) in [7, 11) is -4.30. The second-order valence-corrected chi connectivity index (χ2v) is 10.4. The summed E-state index contributed by atoms with van der Waals surface area (Å²) in [5.41, 5.74) is -4.30. The Morgan fingerprint density at radius 1 is 1.25 bits per heavy atom. The molecule has 3 rings (SSSR count). The van der Waals surface area contributed by atoms with Gasteiger partial charge in [0.15, 0.2) is 5.67 Å². The van der Waals surface area contributed by atoms with E-state index in [1.165, 1.54) is 19.1 Å². The zero-order valence-corrected chi connectivity index (χ0v) is 21.0. The number of rotatable bonds is 10. The van der Waals surface area contributed by atoms with Gasteiger partial charge < -0.3 is 24.1 Å². The first-order chi connectivity index (χ1) is 16.8. The molecule has 1 aliphatic rings. The number of ether oxygens (including phenoxy) is 2. The molecule has 0 saturated carbocycles. The normalized spacial score (nSPS) is 26.4. The van der Waals surface area contributed by atoms with Crippen LogP contribution in [-0.2, 0) is 23.4 Å². The smallest absolute Gasteiger partial charge is 0.459 e. The molecule has 6 atom stereocenters. The summed E-state index contributed by atoms with van der Waals surface area (Å²) in [6.07, 6.45) is -5.12. The molecule has 1 aliphatic heterocycles. The molecule has 5 unspecified atom stereocenters. The first-order valence-electron chi connectivity index (χ1n) is 11.1. The molecule has 4 N–H and O–H groups in total. The van der Waals surface area contributed by atoms with Crippen molar-refractivity contribution in [2.75, 3.05) is 6.61 Å². The number of aromatic amines is 2. The van der Waals surface area contributed by atoms with Gasteiger partial charge in [-0.2, -0.15) is 5.09 Å². The second kappa shape index (κ2) is 11.1. The third kappa shape index (κ3) is 6.68. The van der Waals surface area contributed by atoms with Crippen molar-refractivity contribution >= 4 is 13.7 Å². The predicted molar refractivity (Wildman–Crippen MR) is 125 cm³/mol. The van der Waals surface area contributed by atoms with Crippen molar-refractivity contribution in [1.29, 1.82) is 0 Å². The summed E-state index contributed by atoms with van der Waals surface area (Å²) in [5.74, 6) is -0.558. The molecule has 1 fully saturated rings. The first-order valence-corrected chi connectivity index (χ1v) is 12.7. The Morgan fingerprint density at radius 2 is 1.92 bits per heavy atom. The number of hydrogen-bond acceptors (Lipinski definition) is 9. The van der Waals surface area contributed by atoms with Crippen molar-refractivity contribution < 1.29 is 37.4 Å². The van der Waals surface area contributed by atoms with Crippen LogP contribution < -0.4 is 20.9 Å². The molecule has 0 spiro atoms. The highest BCUT2D eigenvalue weighted by Crippen LogP contribution is 2.48. The maximum atomic E-state index is 15.4. The van der Waals surface area contributed by atoms with Gasteiger partial charge in [0.25, 0.3) is 5.56 Å². The Morgan fingerprint density at radius 3 is 2.53 bits per heavy atom. The molecule has 0 bridgehead atoms. The monoisotopic (exact) mass is 529 g/mol. The van der Waals surface area contributed by atoms with Gasteiger partial charge in [-0.3, -0.25) is 19.1 Å². The number of aromatic nitrogens is 2. The maximum absolute atomic E-state index is 15.4. The number of carbonyl (C=O) groups is 1. The Kier molecular flexibility index (Phi) is 8.52. The highest BCUT2D eigenvalue weighted by molar-refractivity contribution is 7.52. The average Bonchev–Trinajstić information content (AvgIpc) is 3.00. The molecule has 14 heteroatoms. The molecule has 12 nitrogen and oxygen atoms in total. The SMILES string of the molecule is CC(C)OC(=O)[C@H](C)NP(=O)(OCC1OC(c2cc(=O)[nH]c(=O)[nH]2)C(C)(F)C1O)Oc1ccccc1. The average molecular weight is 529 g/mol. The number of benzene rings is 1. The van der Waals surface area contributed by atoms with Gasteiger partial charge >= 0.3 is 19.4 Å². The molecular formula is C22H29FN3O9P. The summed E-state index contributed by atoms with van der Waals surface area (Å²) in [6, 6.07) is 7.80. The number of carbonyl (C=O) groups excluding carboxylic acids is 1. The summed E-state index contributed by atoms with van der Waals surface area (Å²) >= 11 is 0. The number of aliphatic hydroxyl groups is 1. The third-order valence-corrected chi connectivity index (χ3v) is 6.90. The zero-order chi connectivity index (χ0) is 26.7. The minimum atomic E-state index is -4.30. The lowest BCUT2D eigenvalue weighted by Crippen LogP contribution is -2.41. The molecule has 0 aliphatic carbocycles. The molecular weight excluding hydrogens is 500 g/mol. The van der Waals surface area contributed by atoms with Gasteiger partial charge in [0.05, 0.1) is 18.4 Å². The van der Waals surface area contributed by atoms with Crippen LogP contribution in [0.25, 0.3) is 0 Å². The standard InChI is InChI=1S/C22H29FN3O9P/c1-12(2)33-20(29)13(3)26-36(31,35-14-8-6-5-7-9-14)32-11-16-18(28)22(4,23)19(34-16)15-10-17(27)25-21(30)24-15/h5-10,12-13,16,18-19,28H,11H2,1-4H3,(H,26,31)(H2,24,25,27,30)/t13-,16?,18?,19?,22?,36?/m0/s1. The van der Waals surface area contributed by atoms with E-state index in [0.29, 0.717) is 0 Å². The fourth-order valence-corrected chi connectivity index (χ4v) is 5.05. The quantitative estimate of drug-likeness (QED) is 0.263. The Balaban J connectivity index is 1.80. The van der Waals surface area contributed by atoms with Gasteiger partial charge in [-0.1, -0.05) is 18.2 Å². The van der Waals surface area contributed by atoms with E-state index in [1.807, 2.05) is 4.98 Å². The van der Waals surface area contributed by atoms with Crippen LogP contribution in [0.15, 0.2) is 46.0 Å². The third-order valence-electron chi connectivity index (χ3n) is 5.25. The highest BCUT2D eigenvalue weighted by Gasteiger charge is 2.55. The van der Waals surface area contributed by atoms with E-state index in [2.05, 4.69) is 10.1 Å². The lowest BCUT2D eigenvalue weighted by atomic mass is 9.93. The van der Waals surface area contributed by atoms with E-state index >= 15 is 4.39 Å². The number of esters is 1. The van der Waals surface area contributed by atoms with E-state index in [4.69, 9.17) is 18.5 Å². The van der Waals surface area contributed by atoms with E-state index in [9.17, 15) is 24.1 Å².